The molecule has 4 rings (SSSR count). The van der Waals surface area contributed by atoms with Gasteiger partial charge in [-0.15, -0.1) is 5.10 Å². The molecule has 2 aromatic heterocycles. The third-order valence-electron chi connectivity index (χ3n) is 4.85. The van der Waals surface area contributed by atoms with Gasteiger partial charge in [-0.3, -0.25) is 4.79 Å². The smallest absolute Gasteiger partial charge is 0.254 e. The predicted molar refractivity (Wildman–Crippen MR) is 102 cm³/mol. The molecule has 0 spiro atoms. The van der Waals surface area contributed by atoms with Gasteiger partial charge in [-0.2, -0.15) is 9.50 Å². The summed E-state index contributed by atoms with van der Waals surface area (Å²) < 4.78 is 12.7. The zero-order chi connectivity index (χ0) is 19.8. The lowest BCUT2D eigenvalue weighted by molar-refractivity contribution is -0.121. The van der Waals surface area contributed by atoms with E-state index in [0.29, 0.717) is 24.7 Å². The summed E-state index contributed by atoms with van der Waals surface area (Å²) in [6.45, 7) is 6.74. The van der Waals surface area contributed by atoms with Crippen LogP contribution in [0.5, 0.6) is 11.5 Å². The molecule has 1 aliphatic heterocycles. The standard InChI is InChI=1S/C19H22N6O3/c1-10(13-4-5-15-16(8-13)28-7-6-27-15)21-17(26)9-14-11(2)22-19-23-18(20)24-25(19)12(14)3/h4-5,8,10H,6-7,9H2,1-3H3,(H2,20,24)(H,21,26). The van der Waals surface area contributed by atoms with Crippen molar-refractivity contribution in [1.29, 1.82) is 0 Å². The largest absolute Gasteiger partial charge is 0.486 e. The van der Waals surface area contributed by atoms with E-state index in [-0.39, 0.29) is 24.3 Å². The van der Waals surface area contributed by atoms with Crippen LogP contribution in [0, 0.1) is 13.8 Å². The van der Waals surface area contributed by atoms with Crippen LogP contribution in [-0.2, 0) is 11.2 Å². The first-order valence-electron chi connectivity index (χ1n) is 9.09. The molecule has 146 valence electrons. The number of aromatic nitrogens is 4. The predicted octanol–water partition coefficient (Wildman–Crippen LogP) is 1.51. The number of ether oxygens (including phenoxy) is 2. The van der Waals surface area contributed by atoms with Gasteiger partial charge in [0.25, 0.3) is 5.78 Å². The Balaban J connectivity index is 1.50. The number of nitrogens with zero attached hydrogens (tertiary/aromatic N) is 4. The minimum absolute atomic E-state index is 0.108. The molecule has 3 N–H and O–H groups in total. The first-order valence-corrected chi connectivity index (χ1v) is 9.09. The Morgan fingerprint density at radius 2 is 2.00 bits per heavy atom. The molecule has 1 aliphatic rings. The lowest BCUT2D eigenvalue weighted by Crippen LogP contribution is -2.29. The highest BCUT2D eigenvalue weighted by atomic mass is 16.6. The van der Waals surface area contributed by atoms with Crippen LogP contribution in [-0.4, -0.2) is 38.7 Å². The minimum atomic E-state index is -0.178. The molecule has 0 bridgehead atoms. The van der Waals surface area contributed by atoms with Crippen molar-refractivity contribution in [3.8, 4) is 11.5 Å². The normalized spacial score (nSPS) is 14.1. The van der Waals surface area contributed by atoms with Crippen LogP contribution in [0.25, 0.3) is 5.78 Å². The molecule has 1 amide bonds. The lowest BCUT2D eigenvalue weighted by Gasteiger charge is -2.21. The number of rotatable bonds is 4. The van der Waals surface area contributed by atoms with E-state index in [0.717, 1.165) is 28.3 Å². The molecule has 0 saturated carbocycles. The quantitative estimate of drug-likeness (QED) is 0.702. The van der Waals surface area contributed by atoms with Gasteiger partial charge in [0.05, 0.1) is 12.5 Å². The molecular weight excluding hydrogens is 360 g/mol. The van der Waals surface area contributed by atoms with E-state index in [2.05, 4.69) is 20.4 Å². The van der Waals surface area contributed by atoms with E-state index in [1.807, 2.05) is 39.0 Å². The first kappa shape index (κ1) is 18.0. The number of nitrogen functional groups attached to an aromatic ring is 1. The van der Waals surface area contributed by atoms with Crippen LogP contribution >= 0.6 is 0 Å². The van der Waals surface area contributed by atoms with Crippen molar-refractivity contribution in [3.63, 3.8) is 0 Å². The van der Waals surface area contributed by atoms with Gasteiger partial charge in [0.1, 0.15) is 13.2 Å². The molecule has 28 heavy (non-hydrogen) atoms. The molecule has 3 aromatic rings. The number of hydrogen-bond donors (Lipinski definition) is 2. The summed E-state index contributed by atoms with van der Waals surface area (Å²) >= 11 is 0. The summed E-state index contributed by atoms with van der Waals surface area (Å²) in [5, 5.41) is 7.16. The van der Waals surface area contributed by atoms with Gasteiger partial charge in [0.15, 0.2) is 11.5 Å². The molecule has 9 nitrogen and oxygen atoms in total. The second-order valence-electron chi connectivity index (χ2n) is 6.81. The SMILES string of the molecule is Cc1nc2nc(N)nn2c(C)c1CC(=O)NC(C)c1ccc2c(c1)OCCO2. The number of aryl methyl sites for hydroxylation is 2. The molecule has 0 fully saturated rings. The average molecular weight is 382 g/mol. The Morgan fingerprint density at radius 3 is 2.79 bits per heavy atom. The van der Waals surface area contributed by atoms with E-state index in [4.69, 9.17) is 15.2 Å². The number of amides is 1. The average Bonchev–Trinajstić information content (AvgIpc) is 3.05. The summed E-state index contributed by atoms with van der Waals surface area (Å²) in [5.74, 6) is 1.91. The van der Waals surface area contributed by atoms with Crippen LogP contribution in [0.3, 0.4) is 0 Å². The number of benzene rings is 1. The second kappa shape index (κ2) is 6.99. The molecule has 9 heteroatoms. The summed E-state index contributed by atoms with van der Waals surface area (Å²) in [7, 11) is 0. The number of carbonyl (C=O) groups is 1. The molecule has 1 unspecified atom stereocenters. The summed E-state index contributed by atoms with van der Waals surface area (Å²) in [5.41, 5.74) is 8.95. The maximum Gasteiger partial charge on any atom is 0.254 e. The highest BCUT2D eigenvalue weighted by Crippen LogP contribution is 2.32. The molecule has 0 saturated heterocycles. The van der Waals surface area contributed by atoms with Gasteiger partial charge in [-0.1, -0.05) is 6.07 Å². The Labute approximate surface area is 161 Å². The summed E-state index contributed by atoms with van der Waals surface area (Å²) in [6.07, 6.45) is 0.190. The Hall–Kier alpha value is -3.36. The van der Waals surface area contributed by atoms with E-state index in [1.54, 1.807) is 4.52 Å². The van der Waals surface area contributed by atoms with Gasteiger partial charge in [0.2, 0.25) is 11.9 Å². The number of fused-ring (bicyclic) bond motifs is 2. The van der Waals surface area contributed by atoms with Gasteiger partial charge in [0, 0.05) is 17.0 Å². The van der Waals surface area contributed by atoms with Crippen molar-refractivity contribution in [2.45, 2.75) is 33.2 Å². The fraction of sp³-hybridized carbons (Fsp3) is 0.368. The minimum Gasteiger partial charge on any atom is -0.486 e. The van der Waals surface area contributed by atoms with Crippen LogP contribution < -0.4 is 20.5 Å². The zero-order valence-electron chi connectivity index (χ0n) is 16.0. The third-order valence-corrected chi connectivity index (χ3v) is 4.85. The highest BCUT2D eigenvalue weighted by Gasteiger charge is 2.19. The van der Waals surface area contributed by atoms with Gasteiger partial charge >= 0.3 is 0 Å². The number of carbonyl (C=O) groups excluding carboxylic acids is 1. The number of hydrogen-bond acceptors (Lipinski definition) is 7. The van der Waals surface area contributed by atoms with Crippen LogP contribution in [0.15, 0.2) is 18.2 Å². The number of nitrogens with two attached hydrogens (primary N) is 1. The van der Waals surface area contributed by atoms with Crippen molar-refractivity contribution < 1.29 is 14.3 Å². The molecule has 3 heterocycles. The van der Waals surface area contributed by atoms with Crippen molar-refractivity contribution >= 4 is 17.6 Å². The second-order valence-corrected chi connectivity index (χ2v) is 6.81. The fourth-order valence-electron chi connectivity index (χ4n) is 3.35. The van der Waals surface area contributed by atoms with Gasteiger partial charge in [-0.05, 0) is 38.5 Å². The monoisotopic (exact) mass is 382 g/mol. The van der Waals surface area contributed by atoms with Crippen molar-refractivity contribution in [1.82, 2.24) is 24.9 Å². The van der Waals surface area contributed by atoms with Crippen LogP contribution in [0.4, 0.5) is 5.95 Å². The number of nitrogens with one attached hydrogen (secondary N) is 1. The lowest BCUT2D eigenvalue weighted by atomic mass is 10.1. The molecular formula is C19H22N6O3. The molecule has 0 radical (unpaired) electrons. The first-order chi connectivity index (χ1) is 13.4. The van der Waals surface area contributed by atoms with Crippen molar-refractivity contribution in [2.75, 3.05) is 18.9 Å². The zero-order valence-corrected chi connectivity index (χ0v) is 16.0. The van der Waals surface area contributed by atoms with Crippen LogP contribution in [0.2, 0.25) is 0 Å². The fourth-order valence-corrected chi connectivity index (χ4v) is 3.35. The summed E-state index contributed by atoms with van der Waals surface area (Å²) in [6, 6.07) is 5.53. The van der Waals surface area contributed by atoms with E-state index < -0.39 is 0 Å². The maximum atomic E-state index is 12.7. The Morgan fingerprint density at radius 1 is 1.25 bits per heavy atom. The van der Waals surface area contributed by atoms with E-state index >= 15 is 0 Å². The molecule has 0 aliphatic carbocycles. The Bertz CT molecular complexity index is 1060. The Kier molecular flexibility index (Phi) is 4.50. The van der Waals surface area contributed by atoms with E-state index in [1.165, 1.54) is 0 Å². The maximum absolute atomic E-state index is 12.7. The van der Waals surface area contributed by atoms with Gasteiger partial charge < -0.3 is 20.5 Å². The van der Waals surface area contributed by atoms with Crippen molar-refractivity contribution in [3.05, 3.63) is 40.7 Å². The summed E-state index contributed by atoms with van der Waals surface area (Å²) in [4.78, 5) is 21.1. The molecule has 1 atom stereocenters. The number of anilines is 1. The van der Waals surface area contributed by atoms with Gasteiger partial charge in [-0.25, -0.2) is 4.98 Å². The third kappa shape index (κ3) is 3.30. The van der Waals surface area contributed by atoms with Crippen molar-refractivity contribution in [2.24, 2.45) is 0 Å². The topological polar surface area (TPSA) is 117 Å². The van der Waals surface area contributed by atoms with E-state index in [9.17, 15) is 4.79 Å². The highest BCUT2D eigenvalue weighted by molar-refractivity contribution is 5.79. The van der Waals surface area contributed by atoms with Crippen LogP contribution in [0.1, 0.15) is 35.5 Å². The molecule has 1 aromatic carbocycles.